The molecule has 292 valence electrons. The first-order valence-electron chi connectivity index (χ1n) is 20.9. The van der Waals surface area contributed by atoms with E-state index in [-0.39, 0.29) is 19.2 Å². The van der Waals surface area contributed by atoms with Crippen LogP contribution in [0.5, 0.6) is 0 Å². The minimum Gasteiger partial charge on any atom is -0.457 e. The van der Waals surface area contributed by atoms with Gasteiger partial charge in [0.25, 0.3) is 0 Å². The van der Waals surface area contributed by atoms with Crippen LogP contribution in [0.1, 0.15) is 194 Å². The summed E-state index contributed by atoms with van der Waals surface area (Å²) in [6, 6.07) is 0. The Hall–Kier alpha value is -0.770. The molecule has 0 aromatic rings. The number of aliphatic hydroxyl groups is 4. The van der Waals surface area contributed by atoms with Gasteiger partial charge in [-0.2, -0.15) is 0 Å². The Morgan fingerprint density at radius 2 is 0.939 bits per heavy atom. The van der Waals surface area contributed by atoms with Crippen molar-refractivity contribution in [2.75, 3.05) is 19.8 Å². The number of carbonyl (C=O) groups is 1. The summed E-state index contributed by atoms with van der Waals surface area (Å²) in [5, 5.41) is 40.2. The standard InChI is InChI=1S/C41H80O8/c1-4-6-8-10-12-14-16-17-18-19-21-23-25-27-29-36(42)49-35(33-48-41-39(45)37(43)38(44)40(41)46)32-47-31-30-34(3)28-26-24-22-20-15-13-11-9-7-5-2/h34-35,37-41,43-46H,4-33H2,1-3H3/t34?,35?,37-,38+,39-,40+,41?. The maximum Gasteiger partial charge on any atom is 0.306 e. The summed E-state index contributed by atoms with van der Waals surface area (Å²) in [5.41, 5.74) is 0. The van der Waals surface area contributed by atoms with Crippen molar-refractivity contribution in [1.29, 1.82) is 0 Å². The maximum atomic E-state index is 12.7. The highest BCUT2D eigenvalue weighted by atomic mass is 16.6. The maximum absolute atomic E-state index is 12.7. The van der Waals surface area contributed by atoms with E-state index < -0.39 is 36.6 Å². The van der Waals surface area contributed by atoms with Crippen LogP contribution in [0.3, 0.4) is 0 Å². The zero-order chi connectivity index (χ0) is 36.0. The van der Waals surface area contributed by atoms with Gasteiger partial charge in [-0.15, -0.1) is 0 Å². The Balaban J connectivity index is 2.26. The molecule has 0 amide bonds. The van der Waals surface area contributed by atoms with Gasteiger partial charge >= 0.3 is 5.97 Å². The largest absolute Gasteiger partial charge is 0.457 e. The number of carbonyl (C=O) groups excluding carboxylic acids is 1. The Labute approximate surface area is 301 Å². The Morgan fingerprint density at radius 1 is 0.531 bits per heavy atom. The van der Waals surface area contributed by atoms with Crippen molar-refractivity contribution >= 4 is 5.97 Å². The van der Waals surface area contributed by atoms with Crippen LogP contribution in [0, 0.1) is 5.92 Å². The predicted octanol–water partition coefficient (Wildman–Crippen LogP) is 8.97. The Kier molecular flexibility index (Phi) is 30.1. The van der Waals surface area contributed by atoms with Crippen LogP contribution in [0.15, 0.2) is 0 Å². The molecule has 0 saturated heterocycles. The fourth-order valence-electron chi connectivity index (χ4n) is 6.86. The summed E-state index contributed by atoms with van der Waals surface area (Å²) in [6.07, 6.45) is 25.7. The van der Waals surface area contributed by atoms with E-state index in [2.05, 4.69) is 20.8 Å². The normalized spacial score (nSPS) is 22.1. The molecule has 0 aromatic carbocycles. The Bertz CT molecular complexity index is 722. The lowest BCUT2D eigenvalue weighted by Crippen LogP contribution is -2.39. The monoisotopic (exact) mass is 701 g/mol. The highest BCUT2D eigenvalue weighted by Gasteiger charge is 2.49. The molecule has 1 aliphatic rings. The molecule has 0 heterocycles. The van der Waals surface area contributed by atoms with Gasteiger partial charge in [0, 0.05) is 13.0 Å². The zero-order valence-electron chi connectivity index (χ0n) is 32.2. The third-order valence-corrected chi connectivity index (χ3v) is 10.3. The fraction of sp³-hybridized carbons (Fsp3) is 0.976. The van der Waals surface area contributed by atoms with Crippen molar-refractivity contribution in [3.63, 3.8) is 0 Å². The van der Waals surface area contributed by atoms with Crippen molar-refractivity contribution in [3.8, 4) is 0 Å². The first-order valence-corrected chi connectivity index (χ1v) is 20.9. The second kappa shape index (κ2) is 31.9. The quantitative estimate of drug-likeness (QED) is 0.0382. The van der Waals surface area contributed by atoms with E-state index >= 15 is 0 Å². The summed E-state index contributed by atoms with van der Waals surface area (Å²) in [5.74, 6) is 0.247. The SMILES string of the molecule is CCCCCCCCCCCCCCCCC(=O)OC(COCCC(C)CCCCCCCCCCCC)COC1[C@@H](O)[C@@H](O)[C@@H](O)[C@H]1O. The summed E-state index contributed by atoms with van der Waals surface area (Å²) in [7, 11) is 0. The molecule has 0 bridgehead atoms. The van der Waals surface area contributed by atoms with Crippen LogP contribution in [-0.4, -0.2) is 82.8 Å². The molecule has 1 aliphatic carbocycles. The molecule has 1 rings (SSSR count). The third kappa shape index (κ3) is 24.2. The van der Waals surface area contributed by atoms with Crippen LogP contribution in [0.4, 0.5) is 0 Å². The van der Waals surface area contributed by atoms with E-state index in [9.17, 15) is 25.2 Å². The van der Waals surface area contributed by atoms with E-state index in [1.807, 2.05) is 0 Å². The smallest absolute Gasteiger partial charge is 0.306 e. The van der Waals surface area contributed by atoms with Crippen molar-refractivity contribution < 1.29 is 39.4 Å². The highest BCUT2D eigenvalue weighted by Crippen LogP contribution is 2.25. The van der Waals surface area contributed by atoms with Gasteiger partial charge in [-0.3, -0.25) is 4.79 Å². The number of esters is 1. The molecule has 8 heteroatoms. The molecule has 0 aliphatic heterocycles. The first-order chi connectivity index (χ1) is 23.8. The van der Waals surface area contributed by atoms with Gasteiger partial charge in [0.05, 0.1) is 13.2 Å². The van der Waals surface area contributed by atoms with Crippen LogP contribution in [-0.2, 0) is 19.0 Å². The lowest BCUT2D eigenvalue weighted by atomic mass is 9.99. The van der Waals surface area contributed by atoms with E-state index in [0.717, 1.165) is 25.7 Å². The molecule has 1 saturated carbocycles. The van der Waals surface area contributed by atoms with E-state index in [0.29, 0.717) is 18.9 Å². The molecule has 0 spiro atoms. The van der Waals surface area contributed by atoms with Crippen molar-refractivity contribution in [1.82, 2.24) is 0 Å². The molecular formula is C41H80O8. The summed E-state index contributed by atoms with van der Waals surface area (Å²) >= 11 is 0. The molecule has 0 aromatic heterocycles. The lowest BCUT2D eigenvalue weighted by molar-refractivity contribution is -0.163. The number of hydrogen-bond acceptors (Lipinski definition) is 8. The molecule has 1 fully saturated rings. The number of hydrogen-bond donors (Lipinski definition) is 4. The number of unbranched alkanes of at least 4 members (excludes halogenated alkanes) is 22. The van der Waals surface area contributed by atoms with Crippen LogP contribution < -0.4 is 0 Å². The highest BCUT2D eigenvalue weighted by molar-refractivity contribution is 5.69. The zero-order valence-corrected chi connectivity index (χ0v) is 32.2. The molecule has 7 atom stereocenters. The Morgan fingerprint density at radius 3 is 1.39 bits per heavy atom. The molecule has 49 heavy (non-hydrogen) atoms. The number of aliphatic hydroxyl groups excluding tert-OH is 4. The van der Waals surface area contributed by atoms with Gasteiger partial charge in [-0.1, -0.05) is 175 Å². The van der Waals surface area contributed by atoms with Crippen molar-refractivity contribution in [3.05, 3.63) is 0 Å². The lowest BCUT2D eigenvalue weighted by Gasteiger charge is -2.24. The van der Waals surface area contributed by atoms with Crippen molar-refractivity contribution in [2.45, 2.75) is 231 Å². The topological polar surface area (TPSA) is 126 Å². The van der Waals surface area contributed by atoms with Gasteiger partial charge in [0.15, 0.2) is 0 Å². The minimum absolute atomic E-state index is 0.100. The van der Waals surface area contributed by atoms with Crippen molar-refractivity contribution in [2.24, 2.45) is 5.92 Å². The molecular weight excluding hydrogens is 620 g/mol. The van der Waals surface area contributed by atoms with E-state index in [1.165, 1.54) is 141 Å². The first kappa shape index (κ1) is 46.3. The molecule has 4 N–H and O–H groups in total. The number of ether oxygens (including phenoxy) is 3. The van der Waals surface area contributed by atoms with Gasteiger partial charge in [0.2, 0.25) is 0 Å². The van der Waals surface area contributed by atoms with Gasteiger partial charge in [-0.25, -0.2) is 0 Å². The van der Waals surface area contributed by atoms with Crippen LogP contribution in [0.25, 0.3) is 0 Å². The van der Waals surface area contributed by atoms with Gasteiger partial charge in [-0.05, 0) is 18.8 Å². The van der Waals surface area contributed by atoms with E-state index in [4.69, 9.17) is 14.2 Å². The molecule has 8 nitrogen and oxygen atoms in total. The second-order valence-corrected chi connectivity index (χ2v) is 15.2. The number of rotatable bonds is 35. The predicted molar refractivity (Wildman–Crippen MR) is 200 cm³/mol. The minimum atomic E-state index is -1.49. The molecule has 0 radical (unpaired) electrons. The van der Waals surface area contributed by atoms with Gasteiger partial charge < -0.3 is 34.6 Å². The van der Waals surface area contributed by atoms with Crippen LogP contribution >= 0.6 is 0 Å². The summed E-state index contributed by atoms with van der Waals surface area (Å²) < 4.78 is 17.3. The van der Waals surface area contributed by atoms with Crippen LogP contribution in [0.2, 0.25) is 0 Å². The average Bonchev–Trinajstić information content (AvgIpc) is 3.27. The van der Waals surface area contributed by atoms with Gasteiger partial charge in [0.1, 0.15) is 36.6 Å². The summed E-state index contributed by atoms with van der Waals surface area (Å²) in [4.78, 5) is 12.7. The average molecular weight is 701 g/mol. The van der Waals surface area contributed by atoms with E-state index in [1.54, 1.807) is 0 Å². The summed E-state index contributed by atoms with van der Waals surface area (Å²) in [6.45, 7) is 7.38. The molecule has 3 unspecified atom stereocenters. The second-order valence-electron chi connectivity index (χ2n) is 15.2. The fourth-order valence-corrected chi connectivity index (χ4v) is 6.86. The third-order valence-electron chi connectivity index (χ3n) is 10.3.